The van der Waals surface area contributed by atoms with Crippen LogP contribution in [-0.2, 0) is 4.74 Å². The van der Waals surface area contributed by atoms with E-state index in [2.05, 4.69) is 28.7 Å². The second-order valence-electron chi connectivity index (χ2n) is 2.47. The summed E-state index contributed by atoms with van der Waals surface area (Å²) in [5.74, 6) is 0. The Kier molecular flexibility index (Phi) is 3.43. The zero-order valence-electron chi connectivity index (χ0n) is 5.72. The van der Waals surface area contributed by atoms with Gasteiger partial charge in [-0.05, 0) is 12.8 Å². The molecule has 3 heteroatoms. The van der Waals surface area contributed by atoms with E-state index in [9.17, 15) is 0 Å². The Morgan fingerprint density at radius 2 is 2.20 bits per heavy atom. The predicted molar refractivity (Wildman–Crippen MR) is 47.0 cm³/mol. The van der Waals surface area contributed by atoms with Gasteiger partial charge in [0.15, 0.2) is 0 Å². The van der Waals surface area contributed by atoms with Gasteiger partial charge in [0, 0.05) is 4.43 Å². The largest absolute Gasteiger partial charge is 0.373 e. The summed E-state index contributed by atoms with van der Waals surface area (Å²) < 4.78 is 6.58. The SMILES string of the molecule is N#CCC1CCC(CI)O1. The van der Waals surface area contributed by atoms with Crippen molar-refractivity contribution in [2.24, 2.45) is 0 Å². The molecule has 0 radical (unpaired) electrons. The minimum atomic E-state index is 0.227. The Balaban J connectivity index is 2.23. The molecule has 0 bridgehead atoms. The summed E-state index contributed by atoms with van der Waals surface area (Å²) in [7, 11) is 0. The molecule has 0 aromatic carbocycles. The maximum Gasteiger partial charge on any atom is 0.0710 e. The number of nitrogens with zero attached hydrogens (tertiary/aromatic N) is 1. The van der Waals surface area contributed by atoms with Crippen molar-refractivity contribution in [3.8, 4) is 6.07 Å². The molecule has 10 heavy (non-hydrogen) atoms. The highest BCUT2D eigenvalue weighted by molar-refractivity contribution is 14.1. The number of nitriles is 1. The first kappa shape index (κ1) is 8.28. The van der Waals surface area contributed by atoms with Crippen LogP contribution in [0.15, 0.2) is 0 Å². The molecule has 2 nitrogen and oxygen atoms in total. The standard InChI is InChI=1S/C7H10INO/c8-5-7-2-1-6(10-7)3-4-9/h6-7H,1-3,5H2. The smallest absolute Gasteiger partial charge is 0.0710 e. The summed E-state index contributed by atoms with van der Waals surface area (Å²) in [6.45, 7) is 0. The zero-order chi connectivity index (χ0) is 7.40. The molecule has 56 valence electrons. The van der Waals surface area contributed by atoms with Gasteiger partial charge in [0.05, 0.1) is 24.7 Å². The molecule has 1 heterocycles. The minimum Gasteiger partial charge on any atom is -0.373 e. The van der Waals surface area contributed by atoms with E-state index in [-0.39, 0.29) is 6.10 Å². The highest BCUT2D eigenvalue weighted by atomic mass is 127. The van der Waals surface area contributed by atoms with Gasteiger partial charge >= 0.3 is 0 Å². The fourth-order valence-electron chi connectivity index (χ4n) is 1.15. The third-order valence-corrected chi connectivity index (χ3v) is 2.67. The van der Waals surface area contributed by atoms with E-state index in [0.717, 1.165) is 17.3 Å². The summed E-state index contributed by atoms with van der Waals surface area (Å²) in [5.41, 5.74) is 0. The normalized spacial score (nSPS) is 32.0. The molecular formula is C7H10INO. The van der Waals surface area contributed by atoms with Gasteiger partial charge in [0.25, 0.3) is 0 Å². The number of hydrogen-bond acceptors (Lipinski definition) is 2. The van der Waals surface area contributed by atoms with E-state index in [1.165, 1.54) is 0 Å². The fraction of sp³-hybridized carbons (Fsp3) is 0.857. The Labute approximate surface area is 74.7 Å². The van der Waals surface area contributed by atoms with Crippen molar-refractivity contribution in [1.29, 1.82) is 5.26 Å². The molecular weight excluding hydrogens is 241 g/mol. The van der Waals surface area contributed by atoms with Crippen molar-refractivity contribution < 1.29 is 4.74 Å². The van der Waals surface area contributed by atoms with Crippen LogP contribution in [0.3, 0.4) is 0 Å². The van der Waals surface area contributed by atoms with Gasteiger partial charge in [-0.25, -0.2) is 0 Å². The number of hydrogen-bond donors (Lipinski definition) is 0. The molecule has 1 rings (SSSR count). The van der Waals surface area contributed by atoms with Crippen molar-refractivity contribution in [3.05, 3.63) is 0 Å². The zero-order valence-corrected chi connectivity index (χ0v) is 7.87. The molecule has 1 fully saturated rings. The van der Waals surface area contributed by atoms with Gasteiger partial charge in [-0.2, -0.15) is 5.26 Å². The van der Waals surface area contributed by atoms with Crippen molar-refractivity contribution >= 4 is 22.6 Å². The quantitative estimate of drug-likeness (QED) is 0.554. The first-order valence-corrected chi connectivity index (χ1v) is 4.97. The van der Waals surface area contributed by atoms with Gasteiger partial charge in [-0.1, -0.05) is 22.6 Å². The number of halogens is 1. The van der Waals surface area contributed by atoms with Crippen molar-refractivity contribution in [2.45, 2.75) is 31.5 Å². The van der Waals surface area contributed by atoms with E-state index in [0.29, 0.717) is 12.5 Å². The highest BCUT2D eigenvalue weighted by Crippen LogP contribution is 2.22. The van der Waals surface area contributed by atoms with Gasteiger partial charge < -0.3 is 4.74 Å². The molecule has 1 aliphatic heterocycles. The maximum absolute atomic E-state index is 8.35. The van der Waals surface area contributed by atoms with Crippen molar-refractivity contribution in [2.75, 3.05) is 4.43 Å². The van der Waals surface area contributed by atoms with E-state index in [4.69, 9.17) is 10.00 Å². The van der Waals surface area contributed by atoms with Crippen LogP contribution in [0.25, 0.3) is 0 Å². The Bertz CT molecular complexity index is 143. The monoisotopic (exact) mass is 251 g/mol. The number of ether oxygens (including phenoxy) is 1. The Morgan fingerprint density at radius 3 is 2.70 bits per heavy atom. The number of alkyl halides is 1. The second-order valence-corrected chi connectivity index (χ2v) is 3.35. The molecule has 0 saturated carbocycles. The predicted octanol–water partition coefficient (Wildman–Crippen LogP) is 1.88. The summed E-state index contributed by atoms with van der Waals surface area (Å²) in [6, 6.07) is 2.13. The number of rotatable bonds is 2. The van der Waals surface area contributed by atoms with Crippen LogP contribution < -0.4 is 0 Å². The van der Waals surface area contributed by atoms with E-state index in [1.807, 2.05) is 0 Å². The first-order valence-electron chi connectivity index (χ1n) is 3.45. The fourth-order valence-corrected chi connectivity index (χ4v) is 1.79. The third kappa shape index (κ3) is 2.10. The molecule has 1 aliphatic rings. The van der Waals surface area contributed by atoms with Crippen LogP contribution in [0.5, 0.6) is 0 Å². The Morgan fingerprint density at radius 1 is 1.50 bits per heavy atom. The third-order valence-electron chi connectivity index (χ3n) is 1.69. The molecule has 0 aromatic heterocycles. The molecule has 2 atom stereocenters. The summed E-state index contributed by atoms with van der Waals surface area (Å²) >= 11 is 2.32. The summed E-state index contributed by atoms with van der Waals surface area (Å²) in [5, 5.41) is 8.35. The van der Waals surface area contributed by atoms with Crippen LogP contribution in [0, 0.1) is 11.3 Å². The van der Waals surface area contributed by atoms with Crippen LogP contribution in [0.2, 0.25) is 0 Å². The average Bonchev–Trinajstić information content (AvgIpc) is 2.37. The van der Waals surface area contributed by atoms with Crippen LogP contribution in [0.4, 0.5) is 0 Å². The molecule has 0 N–H and O–H groups in total. The lowest BCUT2D eigenvalue weighted by molar-refractivity contribution is 0.0631. The average molecular weight is 251 g/mol. The van der Waals surface area contributed by atoms with E-state index < -0.39 is 0 Å². The first-order chi connectivity index (χ1) is 4.86. The maximum atomic E-state index is 8.35. The molecule has 0 spiro atoms. The van der Waals surface area contributed by atoms with Gasteiger partial charge in [0.2, 0.25) is 0 Å². The van der Waals surface area contributed by atoms with Gasteiger partial charge in [-0.15, -0.1) is 0 Å². The summed E-state index contributed by atoms with van der Waals surface area (Å²) in [6.07, 6.45) is 3.41. The van der Waals surface area contributed by atoms with Crippen molar-refractivity contribution in [3.63, 3.8) is 0 Å². The summed E-state index contributed by atoms with van der Waals surface area (Å²) in [4.78, 5) is 0. The van der Waals surface area contributed by atoms with Gasteiger partial charge in [-0.3, -0.25) is 0 Å². The van der Waals surface area contributed by atoms with E-state index >= 15 is 0 Å². The lowest BCUT2D eigenvalue weighted by Gasteiger charge is -2.06. The minimum absolute atomic E-state index is 0.227. The molecule has 0 aromatic rings. The second kappa shape index (κ2) is 4.14. The van der Waals surface area contributed by atoms with E-state index in [1.54, 1.807) is 0 Å². The lowest BCUT2D eigenvalue weighted by atomic mass is 10.2. The van der Waals surface area contributed by atoms with Crippen LogP contribution in [-0.4, -0.2) is 16.6 Å². The molecule has 2 unspecified atom stereocenters. The topological polar surface area (TPSA) is 33.0 Å². The molecule has 1 saturated heterocycles. The molecule has 0 aliphatic carbocycles. The highest BCUT2D eigenvalue weighted by Gasteiger charge is 2.23. The molecule has 0 amide bonds. The lowest BCUT2D eigenvalue weighted by Crippen LogP contribution is -2.10. The Hall–Kier alpha value is 0.180. The van der Waals surface area contributed by atoms with Gasteiger partial charge in [0.1, 0.15) is 0 Å². The van der Waals surface area contributed by atoms with Crippen LogP contribution in [0.1, 0.15) is 19.3 Å². The van der Waals surface area contributed by atoms with Crippen molar-refractivity contribution in [1.82, 2.24) is 0 Å². The van der Waals surface area contributed by atoms with Crippen LogP contribution >= 0.6 is 22.6 Å².